The minimum absolute atomic E-state index is 0.769. The summed E-state index contributed by atoms with van der Waals surface area (Å²) in [5.74, 6) is 1.85. The zero-order chi connectivity index (χ0) is 14.1. The van der Waals surface area contributed by atoms with Gasteiger partial charge in [-0.25, -0.2) is 0 Å². The Labute approximate surface area is 116 Å². The predicted molar refractivity (Wildman–Crippen MR) is 79.1 cm³/mol. The summed E-state index contributed by atoms with van der Waals surface area (Å²) in [6, 6.07) is 4.10. The smallest absolute Gasteiger partial charge is 0.122 e. The third-order valence-electron chi connectivity index (χ3n) is 3.18. The molecule has 3 N–H and O–H groups in total. The molecule has 0 saturated heterocycles. The van der Waals surface area contributed by atoms with Crippen LogP contribution in [0.5, 0.6) is 11.5 Å². The molecule has 0 unspecified atom stereocenters. The molecular weight excluding hydrogens is 240 g/mol. The normalized spacial score (nSPS) is 10.5. The molecule has 1 rings (SSSR count). The number of nitrogens with two attached hydrogens (primary N) is 1. The van der Waals surface area contributed by atoms with E-state index in [4.69, 9.17) is 15.2 Å². The lowest BCUT2D eigenvalue weighted by Crippen LogP contribution is -2.19. The lowest BCUT2D eigenvalue weighted by atomic mass is 10.1. The summed E-state index contributed by atoms with van der Waals surface area (Å²) >= 11 is 0. The van der Waals surface area contributed by atoms with E-state index in [1.54, 1.807) is 14.2 Å². The molecule has 0 heterocycles. The Bertz CT molecular complexity index is 381. The van der Waals surface area contributed by atoms with E-state index in [1.165, 1.54) is 5.56 Å². The first-order chi connectivity index (χ1) is 9.22. The van der Waals surface area contributed by atoms with Gasteiger partial charge in [0.1, 0.15) is 11.5 Å². The molecule has 19 heavy (non-hydrogen) atoms. The highest BCUT2D eigenvalue weighted by molar-refractivity contribution is 5.46. The van der Waals surface area contributed by atoms with Crippen LogP contribution < -0.4 is 20.5 Å². The monoisotopic (exact) mass is 266 g/mol. The second-order valence-corrected chi connectivity index (χ2v) is 4.63. The Morgan fingerprint density at radius 1 is 1.05 bits per heavy atom. The Hall–Kier alpha value is -1.26. The summed E-state index contributed by atoms with van der Waals surface area (Å²) in [5, 5.41) is 3.42. The summed E-state index contributed by atoms with van der Waals surface area (Å²) in [5.41, 5.74) is 7.73. The number of hydrogen-bond acceptors (Lipinski definition) is 4. The predicted octanol–water partition coefficient (Wildman–Crippen LogP) is 1.88. The average Bonchev–Trinajstić information content (AvgIpc) is 2.43. The van der Waals surface area contributed by atoms with Crippen molar-refractivity contribution >= 4 is 0 Å². The first-order valence-electron chi connectivity index (χ1n) is 6.85. The van der Waals surface area contributed by atoms with Gasteiger partial charge in [0.2, 0.25) is 0 Å². The molecule has 0 fully saturated rings. The summed E-state index contributed by atoms with van der Waals surface area (Å²) in [6.45, 7) is 4.75. The molecule has 0 aliphatic carbocycles. The highest BCUT2D eigenvalue weighted by atomic mass is 16.5. The Morgan fingerprint density at radius 2 is 1.79 bits per heavy atom. The van der Waals surface area contributed by atoms with Gasteiger partial charge in [0.15, 0.2) is 0 Å². The topological polar surface area (TPSA) is 56.5 Å². The summed E-state index contributed by atoms with van der Waals surface area (Å²) in [7, 11) is 3.41. The van der Waals surface area contributed by atoms with E-state index in [0.29, 0.717) is 0 Å². The maximum atomic E-state index is 5.46. The molecule has 0 aliphatic heterocycles. The van der Waals surface area contributed by atoms with Crippen LogP contribution in [0.2, 0.25) is 0 Å². The van der Waals surface area contributed by atoms with E-state index in [9.17, 15) is 0 Å². The van der Waals surface area contributed by atoms with Gasteiger partial charge in [0.05, 0.1) is 14.2 Å². The van der Waals surface area contributed by atoms with Crippen LogP contribution in [-0.2, 0) is 6.42 Å². The van der Waals surface area contributed by atoms with Crippen molar-refractivity contribution in [3.8, 4) is 11.5 Å². The summed E-state index contributed by atoms with van der Waals surface area (Å²) in [4.78, 5) is 0. The first kappa shape index (κ1) is 15.8. The van der Waals surface area contributed by atoms with Crippen molar-refractivity contribution in [3.63, 3.8) is 0 Å². The quantitative estimate of drug-likeness (QED) is 0.670. The number of aryl methyl sites for hydroxylation is 1. The number of nitrogens with one attached hydrogen (secondary N) is 1. The van der Waals surface area contributed by atoms with Crippen LogP contribution in [0.4, 0.5) is 0 Å². The van der Waals surface area contributed by atoms with Gasteiger partial charge < -0.3 is 20.5 Å². The van der Waals surface area contributed by atoms with Crippen LogP contribution in [0.25, 0.3) is 0 Å². The van der Waals surface area contributed by atoms with E-state index in [-0.39, 0.29) is 0 Å². The maximum Gasteiger partial charge on any atom is 0.122 e. The van der Waals surface area contributed by atoms with Crippen molar-refractivity contribution < 1.29 is 9.47 Å². The van der Waals surface area contributed by atoms with Crippen molar-refractivity contribution in [1.29, 1.82) is 0 Å². The molecule has 108 valence electrons. The van der Waals surface area contributed by atoms with Gasteiger partial charge in [0, 0.05) is 0 Å². The first-order valence-corrected chi connectivity index (χ1v) is 6.85. The average molecular weight is 266 g/mol. The molecule has 0 spiro atoms. The zero-order valence-corrected chi connectivity index (χ0v) is 12.3. The number of unbranched alkanes of at least 4 members (excludes halogenated alkanes) is 1. The van der Waals surface area contributed by atoms with Gasteiger partial charge >= 0.3 is 0 Å². The van der Waals surface area contributed by atoms with Crippen LogP contribution in [0.3, 0.4) is 0 Å². The molecule has 0 aromatic heterocycles. The Kier molecular flexibility index (Phi) is 7.30. The Morgan fingerprint density at radius 3 is 2.42 bits per heavy atom. The fourth-order valence-electron chi connectivity index (χ4n) is 2.05. The van der Waals surface area contributed by atoms with E-state index >= 15 is 0 Å². The minimum Gasteiger partial charge on any atom is -0.496 e. The fourth-order valence-corrected chi connectivity index (χ4v) is 2.05. The lowest BCUT2D eigenvalue weighted by molar-refractivity contribution is 0.396. The number of methoxy groups -OCH3 is 2. The molecule has 4 heteroatoms. The second-order valence-electron chi connectivity index (χ2n) is 4.63. The largest absolute Gasteiger partial charge is 0.496 e. The van der Waals surface area contributed by atoms with E-state index < -0.39 is 0 Å². The number of ether oxygens (including phenoxy) is 2. The number of hydrogen-bond donors (Lipinski definition) is 2. The lowest BCUT2D eigenvalue weighted by Gasteiger charge is -2.13. The highest BCUT2D eigenvalue weighted by Crippen LogP contribution is 2.28. The maximum absolute atomic E-state index is 5.46. The third kappa shape index (κ3) is 5.09. The van der Waals surface area contributed by atoms with Crippen molar-refractivity contribution in [3.05, 3.63) is 23.3 Å². The van der Waals surface area contributed by atoms with Gasteiger partial charge in [0.25, 0.3) is 0 Å². The molecule has 0 aliphatic rings. The van der Waals surface area contributed by atoms with Crippen molar-refractivity contribution in [2.24, 2.45) is 5.73 Å². The molecule has 0 amide bonds. The Balaban J connectivity index is 2.51. The van der Waals surface area contributed by atoms with Gasteiger partial charge in [-0.1, -0.05) is 0 Å². The SMILES string of the molecule is COc1cc(CCNCCCCN)c(OC)cc1C. The van der Waals surface area contributed by atoms with Gasteiger partial charge in [-0.2, -0.15) is 0 Å². The van der Waals surface area contributed by atoms with Gasteiger partial charge in [-0.15, -0.1) is 0 Å². The number of benzene rings is 1. The summed E-state index contributed by atoms with van der Waals surface area (Å²) < 4.78 is 10.8. The number of rotatable bonds is 9. The van der Waals surface area contributed by atoms with Crippen LogP contribution in [0.15, 0.2) is 12.1 Å². The zero-order valence-electron chi connectivity index (χ0n) is 12.3. The second kappa shape index (κ2) is 8.77. The van der Waals surface area contributed by atoms with E-state index in [1.807, 2.05) is 13.0 Å². The van der Waals surface area contributed by atoms with Crippen molar-refractivity contribution in [2.45, 2.75) is 26.2 Å². The van der Waals surface area contributed by atoms with Gasteiger partial charge in [-0.3, -0.25) is 0 Å². The summed E-state index contributed by atoms with van der Waals surface area (Å²) in [6.07, 6.45) is 3.14. The third-order valence-corrected chi connectivity index (χ3v) is 3.18. The van der Waals surface area contributed by atoms with Crippen LogP contribution >= 0.6 is 0 Å². The van der Waals surface area contributed by atoms with Crippen LogP contribution in [0, 0.1) is 6.92 Å². The van der Waals surface area contributed by atoms with Gasteiger partial charge in [-0.05, 0) is 69.1 Å². The molecule has 0 saturated carbocycles. The molecule has 0 bridgehead atoms. The van der Waals surface area contributed by atoms with Crippen molar-refractivity contribution in [2.75, 3.05) is 33.9 Å². The molecular formula is C15H26N2O2. The van der Waals surface area contributed by atoms with E-state index in [0.717, 1.165) is 56.0 Å². The van der Waals surface area contributed by atoms with E-state index in [2.05, 4.69) is 11.4 Å². The molecule has 0 radical (unpaired) electrons. The molecule has 0 atom stereocenters. The molecule has 4 nitrogen and oxygen atoms in total. The highest BCUT2D eigenvalue weighted by Gasteiger charge is 2.08. The standard InChI is InChI=1S/C15H26N2O2/c1-12-10-15(19-3)13(11-14(12)18-2)6-9-17-8-5-4-7-16/h10-11,17H,4-9,16H2,1-3H3. The fraction of sp³-hybridized carbons (Fsp3) is 0.600. The minimum atomic E-state index is 0.769. The molecule has 1 aromatic carbocycles. The van der Waals surface area contributed by atoms with Crippen LogP contribution in [0.1, 0.15) is 24.0 Å². The van der Waals surface area contributed by atoms with Crippen molar-refractivity contribution in [1.82, 2.24) is 5.32 Å². The molecule has 1 aromatic rings. The van der Waals surface area contributed by atoms with Crippen LogP contribution in [-0.4, -0.2) is 33.9 Å².